The summed E-state index contributed by atoms with van der Waals surface area (Å²) in [5.41, 5.74) is 1.46. The Hall–Kier alpha value is -3.47. The quantitative estimate of drug-likeness (QED) is 0.278. The number of hydrogen-bond acceptors (Lipinski definition) is 4. The predicted molar refractivity (Wildman–Crippen MR) is 117 cm³/mol. The summed E-state index contributed by atoms with van der Waals surface area (Å²) in [4.78, 5) is 31.6. The van der Waals surface area contributed by atoms with Crippen LogP contribution in [0.5, 0.6) is 0 Å². The molecule has 1 aliphatic heterocycles. The van der Waals surface area contributed by atoms with Crippen LogP contribution in [0.15, 0.2) is 72.6 Å². The average molecular weight is 400 g/mol. The summed E-state index contributed by atoms with van der Waals surface area (Å²) >= 11 is 0. The molecule has 0 aliphatic carbocycles. The second-order valence-corrected chi connectivity index (χ2v) is 7.51. The van der Waals surface area contributed by atoms with Crippen molar-refractivity contribution >= 4 is 28.2 Å². The highest BCUT2D eigenvalue weighted by atomic mass is 16.3. The highest BCUT2D eigenvalue weighted by Crippen LogP contribution is 2.40. The molecule has 1 aliphatic rings. The molecule has 5 nitrogen and oxygen atoms in total. The van der Waals surface area contributed by atoms with Crippen LogP contribution in [-0.2, 0) is 9.59 Å². The maximum absolute atomic E-state index is 13.1. The molecule has 2 aromatic carbocycles. The number of unbranched alkanes of at least 4 members (excludes halogenated alkanes) is 2. The van der Waals surface area contributed by atoms with Crippen LogP contribution in [0, 0.1) is 0 Å². The molecular weight excluding hydrogens is 376 g/mol. The van der Waals surface area contributed by atoms with Gasteiger partial charge in [0, 0.05) is 24.5 Å². The number of nitrogens with zero attached hydrogens (tertiary/aromatic N) is 2. The zero-order valence-electron chi connectivity index (χ0n) is 16.9. The Morgan fingerprint density at radius 2 is 1.73 bits per heavy atom. The monoisotopic (exact) mass is 400 g/mol. The van der Waals surface area contributed by atoms with Crippen molar-refractivity contribution < 1.29 is 14.7 Å². The smallest absolute Gasteiger partial charge is 0.295 e. The van der Waals surface area contributed by atoms with Gasteiger partial charge in [-0.1, -0.05) is 62.2 Å². The molecule has 1 aromatic heterocycles. The van der Waals surface area contributed by atoms with Gasteiger partial charge >= 0.3 is 0 Å². The van der Waals surface area contributed by atoms with Crippen molar-refractivity contribution in [3.05, 3.63) is 83.7 Å². The molecule has 1 unspecified atom stereocenters. The van der Waals surface area contributed by atoms with Gasteiger partial charge in [0.1, 0.15) is 5.76 Å². The Morgan fingerprint density at radius 1 is 1.00 bits per heavy atom. The van der Waals surface area contributed by atoms with Gasteiger partial charge in [-0.25, -0.2) is 0 Å². The number of aromatic nitrogens is 1. The zero-order valence-corrected chi connectivity index (χ0v) is 16.9. The number of fused-ring (bicyclic) bond motifs is 1. The minimum absolute atomic E-state index is 0.134. The average Bonchev–Trinajstić information content (AvgIpc) is 3.04. The number of aliphatic hydroxyl groups is 1. The van der Waals surface area contributed by atoms with Gasteiger partial charge in [-0.2, -0.15) is 0 Å². The number of ketones is 1. The fourth-order valence-corrected chi connectivity index (χ4v) is 4.11. The van der Waals surface area contributed by atoms with E-state index in [0.29, 0.717) is 12.1 Å². The molecule has 1 N–H and O–H groups in total. The second-order valence-electron chi connectivity index (χ2n) is 7.51. The van der Waals surface area contributed by atoms with E-state index < -0.39 is 17.7 Å². The minimum Gasteiger partial charge on any atom is -0.507 e. The Morgan fingerprint density at radius 3 is 2.50 bits per heavy atom. The highest BCUT2D eigenvalue weighted by molar-refractivity contribution is 6.46. The van der Waals surface area contributed by atoms with E-state index >= 15 is 0 Å². The summed E-state index contributed by atoms with van der Waals surface area (Å²) in [7, 11) is 0. The number of pyridine rings is 1. The van der Waals surface area contributed by atoms with Gasteiger partial charge in [-0.15, -0.1) is 0 Å². The molecule has 0 bridgehead atoms. The normalized spacial score (nSPS) is 18.3. The molecule has 1 fully saturated rings. The molecule has 152 valence electrons. The van der Waals surface area contributed by atoms with Crippen molar-refractivity contribution in [2.75, 3.05) is 6.54 Å². The Labute approximate surface area is 175 Å². The second kappa shape index (κ2) is 8.49. The van der Waals surface area contributed by atoms with Crippen molar-refractivity contribution in [1.29, 1.82) is 0 Å². The first-order valence-electron chi connectivity index (χ1n) is 10.3. The topological polar surface area (TPSA) is 70.5 Å². The molecule has 1 saturated heterocycles. The number of amides is 1. The van der Waals surface area contributed by atoms with Crippen LogP contribution in [0.1, 0.15) is 43.4 Å². The number of aliphatic hydroxyl groups excluding tert-OH is 1. The third kappa shape index (κ3) is 3.47. The van der Waals surface area contributed by atoms with Gasteiger partial charge in [-0.05, 0) is 34.9 Å². The lowest BCUT2D eigenvalue weighted by Crippen LogP contribution is -2.30. The van der Waals surface area contributed by atoms with E-state index in [1.54, 1.807) is 35.5 Å². The van der Waals surface area contributed by atoms with Crippen LogP contribution in [0.25, 0.3) is 16.5 Å². The fraction of sp³-hybridized carbons (Fsp3) is 0.240. The third-order valence-corrected chi connectivity index (χ3v) is 5.61. The Bertz CT molecular complexity index is 1120. The van der Waals surface area contributed by atoms with Crippen LogP contribution in [0.3, 0.4) is 0 Å². The maximum atomic E-state index is 13.1. The number of carbonyl (C=O) groups excluding carboxylic acids is 2. The highest BCUT2D eigenvalue weighted by Gasteiger charge is 2.45. The van der Waals surface area contributed by atoms with Gasteiger partial charge in [0.15, 0.2) is 0 Å². The molecule has 1 amide bonds. The number of rotatable bonds is 6. The molecule has 4 rings (SSSR count). The number of likely N-dealkylation sites (tertiary alicyclic amines) is 1. The van der Waals surface area contributed by atoms with Gasteiger partial charge in [0.2, 0.25) is 0 Å². The lowest BCUT2D eigenvalue weighted by Gasteiger charge is -2.25. The summed E-state index contributed by atoms with van der Waals surface area (Å²) in [5.74, 6) is -1.33. The van der Waals surface area contributed by atoms with E-state index in [2.05, 4.69) is 11.9 Å². The molecular formula is C25H24N2O3. The standard InChI is InChI=1S/C25H24N2O3/c1-2-3-6-16-27-22(18-12-14-26-15-13-18)21(24(29)25(27)30)23(28)20-11-7-9-17-8-4-5-10-19(17)20/h4-5,7-15,22,28H,2-3,6,16H2,1H3/b23-21-. The van der Waals surface area contributed by atoms with Gasteiger partial charge < -0.3 is 10.0 Å². The number of benzene rings is 2. The first-order valence-corrected chi connectivity index (χ1v) is 10.3. The first kappa shape index (κ1) is 19.8. The van der Waals surface area contributed by atoms with Gasteiger partial charge in [0.05, 0.1) is 11.6 Å². The van der Waals surface area contributed by atoms with E-state index in [-0.39, 0.29) is 11.3 Å². The molecule has 5 heteroatoms. The number of carbonyl (C=O) groups is 2. The summed E-state index contributed by atoms with van der Waals surface area (Å²) in [5, 5.41) is 13.1. The summed E-state index contributed by atoms with van der Waals surface area (Å²) in [6.07, 6.45) is 6.06. The summed E-state index contributed by atoms with van der Waals surface area (Å²) < 4.78 is 0. The Kier molecular flexibility index (Phi) is 5.61. The predicted octanol–water partition coefficient (Wildman–Crippen LogP) is 4.85. The minimum atomic E-state index is -0.640. The molecule has 3 aromatic rings. The fourth-order valence-electron chi connectivity index (χ4n) is 4.11. The van der Waals surface area contributed by atoms with Crippen LogP contribution >= 0.6 is 0 Å². The van der Waals surface area contributed by atoms with E-state index in [9.17, 15) is 14.7 Å². The Balaban J connectivity index is 1.89. The zero-order chi connectivity index (χ0) is 21.1. The van der Waals surface area contributed by atoms with Crippen LogP contribution in [0.4, 0.5) is 0 Å². The van der Waals surface area contributed by atoms with E-state index in [4.69, 9.17) is 0 Å². The summed E-state index contributed by atoms with van der Waals surface area (Å²) in [6, 6.07) is 16.2. The molecule has 0 spiro atoms. The molecule has 30 heavy (non-hydrogen) atoms. The van der Waals surface area contributed by atoms with Crippen molar-refractivity contribution in [2.24, 2.45) is 0 Å². The lowest BCUT2D eigenvalue weighted by molar-refractivity contribution is -0.139. The molecule has 1 atom stereocenters. The van der Waals surface area contributed by atoms with E-state index in [1.807, 2.05) is 36.4 Å². The lowest BCUT2D eigenvalue weighted by atomic mass is 9.94. The third-order valence-electron chi connectivity index (χ3n) is 5.61. The first-order chi connectivity index (χ1) is 14.6. The van der Waals surface area contributed by atoms with E-state index in [0.717, 1.165) is 35.6 Å². The van der Waals surface area contributed by atoms with Crippen molar-refractivity contribution in [1.82, 2.24) is 9.88 Å². The van der Waals surface area contributed by atoms with Crippen molar-refractivity contribution in [3.8, 4) is 0 Å². The molecule has 0 radical (unpaired) electrons. The van der Waals surface area contributed by atoms with Crippen molar-refractivity contribution in [3.63, 3.8) is 0 Å². The maximum Gasteiger partial charge on any atom is 0.295 e. The van der Waals surface area contributed by atoms with Crippen LogP contribution in [0.2, 0.25) is 0 Å². The summed E-state index contributed by atoms with van der Waals surface area (Å²) in [6.45, 7) is 2.56. The largest absolute Gasteiger partial charge is 0.507 e. The van der Waals surface area contributed by atoms with Crippen molar-refractivity contribution in [2.45, 2.75) is 32.2 Å². The number of Topliss-reactive ketones (excluding diaryl/α,β-unsaturated/α-hetero) is 1. The van der Waals surface area contributed by atoms with Crippen LogP contribution in [-0.4, -0.2) is 33.2 Å². The SMILES string of the molecule is CCCCCN1C(=O)C(=O)/C(=C(\O)c2cccc3ccccc23)C1c1ccncc1. The van der Waals surface area contributed by atoms with E-state index in [1.165, 1.54) is 0 Å². The molecule has 2 heterocycles. The van der Waals surface area contributed by atoms with Crippen LogP contribution < -0.4 is 0 Å². The molecule has 0 saturated carbocycles. The van der Waals surface area contributed by atoms with Gasteiger partial charge in [-0.3, -0.25) is 14.6 Å². The number of hydrogen-bond donors (Lipinski definition) is 1. The van der Waals surface area contributed by atoms with Gasteiger partial charge in [0.25, 0.3) is 11.7 Å².